The number of carbonyl (C=O) groups is 3. The Hall–Kier alpha value is -1.86. The molecular formula is C30H41N3O3S. The summed E-state index contributed by atoms with van der Waals surface area (Å²) < 4.78 is 0. The number of benzene rings is 1. The number of piperidine rings is 1. The van der Waals surface area contributed by atoms with Crippen LogP contribution in [0.5, 0.6) is 0 Å². The number of imide groups is 1. The van der Waals surface area contributed by atoms with E-state index in [0.717, 1.165) is 29.1 Å². The van der Waals surface area contributed by atoms with Crippen LogP contribution in [0.3, 0.4) is 0 Å². The van der Waals surface area contributed by atoms with Gasteiger partial charge in [-0.2, -0.15) is 0 Å². The van der Waals surface area contributed by atoms with Crippen molar-refractivity contribution < 1.29 is 14.4 Å². The fourth-order valence-electron chi connectivity index (χ4n) is 8.27. The van der Waals surface area contributed by atoms with Gasteiger partial charge in [0.2, 0.25) is 11.8 Å². The summed E-state index contributed by atoms with van der Waals surface area (Å²) in [6, 6.07) is 5.50. The van der Waals surface area contributed by atoms with Crippen LogP contribution >= 0.6 is 11.8 Å². The van der Waals surface area contributed by atoms with Gasteiger partial charge in [-0.3, -0.25) is 19.7 Å². The van der Waals surface area contributed by atoms with E-state index >= 15 is 0 Å². The summed E-state index contributed by atoms with van der Waals surface area (Å²) in [5.41, 5.74) is 2.19. The van der Waals surface area contributed by atoms with Gasteiger partial charge < -0.3 is 10.2 Å². The molecule has 6 nitrogen and oxygen atoms in total. The third-order valence-corrected chi connectivity index (χ3v) is 10.7. The predicted octanol–water partition coefficient (Wildman–Crippen LogP) is 5.05. The quantitative estimate of drug-likeness (QED) is 0.241. The molecule has 3 amide bonds. The molecule has 200 valence electrons. The average molecular weight is 524 g/mol. The summed E-state index contributed by atoms with van der Waals surface area (Å²) in [6.07, 6.45) is 16.0. The topological polar surface area (TPSA) is 78.5 Å². The van der Waals surface area contributed by atoms with Crippen LogP contribution in [-0.2, 0) is 16.1 Å². The molecule has 1 unspecified atom stereocenters. The molecule has 1 saturated heterocycles. The molecule has 4 bridgehead atoms. The lowest BCUT2D eigenvalue weighted by atomic mass is 9.53. The number of fused-ring (bicyclic) bond motifs is 1. The van der Waals surface area contributed by atoms with Crippen LogP contribution in [0.4, 0.5) is 0 Å². The van der Waals surface area contributed by atoms with Gasteiger partial charge in [0.15, 0.2) is 0 Å². The van der Waals surface area contributed by atoms with Crippen LogP contribution in [0.25, 0.3) is 0 Å². The molecule has 6 aliphatic rings. The average Bonchev–Trinajstić information content (AvgIpc) is 3.17. The lowest BCUT2D eigenvalue weighted by Gasteiger charge is -2.57. The molecule has 4 saturated carbocycles. The molecule has 0 aromatic heterocycles. The lowest BCUT2D eigenvalue weighted by molar-refractivity contribution is -0.136. The van der Waals surface area contributed by atoms with E-state index in [1.165, 1.54) is 82.1 Å². The van der Waals surface area contributed by atoms with Gasteiger partial charge in [-0.1, -0.05) is 19.3 Å². The maximum atomic E-state index is 12.8. The number of unbranched alkanes of at least 4 members (excludes halogenated alkanes) is 4. The van der Waals surface area contributed by atoms with Gasteiger partial charge in [0.05, 0.1) is 0 Å². The van der Waals surface area contributed by atoms with Crippen molar-refractivity contribution >= 4 is 29.5 Å². The van der Waals surface area contributed by atoms with Gasteiger partial charge in [0.25, 0.3) is 5.91 Å². The molecule has 5 fully saturated rings. The summed E-state index contributed by atoms with van der Waals surface area (Å²) in [7, 11) is 0. The number of nitrogens with one attached hydrogen (secondary N) is 2. The highest BCUT2D eigenvalue weighted by Gasteiger charge is 2.50. The highest BCUT2D eigenvalue weighted by molar-refractivity contribution is 7.99. The van der Waals surface area contributed by atoms with Crippen LogP contribution in [-0.4, -0.2) is 46.5 Å². The van der Waals surface area contributed by atoms with Gasteiger partial charge in [-0.15, -0.1) is 11.8 Å². The monoisotopic (exact) mass is 523 g/mol. The second-order valence-electron chi connectivity index (χ2n) is 12.5. The van der Waals surface area contributed by atoms with Crippen molar-refractivity contribution in [3.63, 3.8) is 0 Å². The van der Waals surface area contributed by atoms with E-state index in [4.69, 9.17) is 0 Å². The van der Waals surface area contributed by atoms with Crippen LogP contribution in [0.15, 0.2) is 23.1 Å². The van der Waals surface area contributed by atoms with Crippen molar-refractivity contribution in [3.8, 4) is 0 Å². The zero-order chi connectivity index (χ0) is 25.4. The standard InChI is InChI=1S/C30H41N3O3S/c34-27-9-8-26(28(35)32-27)33-19-23-15-24(6-7-25(23)29(33)36)37-11-5-3-1-2-4-10-31-30-16-20-12-21(17-30)14-22(13-20)18-30/h6-7,15,20-22,26,31H,1-5,8-14,16-19H2,(H,32,34,35). The first-order valence-corrected chi connectivity index (χ1v) is 15.6. The molecule has 1 atom stereocenters. The van der Waals surface area contributed by atoms with Crippen LogP contribution in [0.1, 0.15) is 99.4 Å². The number of hydrogen-bond acceptors (Lipinski definition) is 5. The minimum Gasteiger partial charge on any atom is -0.322 e. The van der Waals surface area contributed by atoms with E-state index in [1.54, 1.807) is 4.90 Å². The largest absolute Gasteiger partial charge is 0.322 e. The molecule has 37 heavy (non-hydrogen) atoms. The third kappa shape index (κ3) is 5.49. The number of carbonyl (C=O) groups excluding carboxylic acids is 3. The fourth-order valence-corrected chi connectivity index (χ4v) is 9.24. The first-order chi connectivity index (χ1) is 18.0. The Morgan fingerprint density at radius 1 is 0.946 bits per heavy atom. The number of hydrogen-bond donors (Lipinski definition) is 2. The Kier molecular flexibility index (Phi) is 7.37. The lowest BCUT2D eigenvalue weighted by Crippen LogP contribution is -2.58. The molecular weight excluding hydrogens is 482 g/mol. The Balaban J connectivity index is 0.871. The minimum absolute atomic E-state index is 0.0984. The van der Waals surface area contributed by atoms with Gasteiger partial charge in [-0.05, 0) is 112 Å². The van der Waals surface area contributed by atoms with E-state index in [-0.39, 0.29) is 24.1 Å². The van der Waals surface area contributed by atoms with Crippen LogP contribution < -0.4 is 10.6 Å². The van der Waals surface area contributed by atoms with E-state index in [2.05, 4.69) is 16.7 Å². The van der Waals surface area contributed by atoms with Gasteiger partial charge in [-0.25, -0.2) is 0 Å². The maximum Gasteiger partial charge on any atom is 0.255 e. The van der Waals surface area contributed by atoms with Crippen molar-refractivity contribution in [2.75, 3.05) is 12.3 Å². The van der Waals surface area contributed by atoms with E-state index in [0.29, 0.717) is 24.1 Å². The summed E-state index contributed by atoms with van der Waals surface area (Å²) in [6.45, 7) is 1.65. The summed E-state index contributed by atoms with van der Waals surface area (Å²) in [4.78, 5) is 39.4. The van der Waals surface area contributed by atoms with Crippen molar-refractivity contribution in [1.82, 2.24) is 15.5 Å². The second-order valence-corrected chi connectivity index (χ2v) is 13.6. The zero-order valence-corrected chi connectivity index (χ0v) is 22.8. The first kappa shape index (κ1) is 25.4. The Morgan fingerprint density at radius 3 is 2.38 bits per heavy atom. The SMILES string of the molecule is O=C1CCC(N2Cc3cc(SCCCCCCCNC45CC6CC(CC(C6)C4)C5)ccc3C2=O)C(=O)N1. The number of thioether (sulfide) groups is 1. The Morgan fingerprint density at radius 2 is 1.65 bits per heavy atom. The molecule has 1 aromatic carbocycles. The molecule has 7 rings (SSSR count). The van der Waals surface area contributed by atoms with Crippen LogP contribution in [0, 0.1) is 17.8 Å². The van der Waals surface area contributed by atoms with Crippen molar-refractivity contribution in [2.45, 2.75) is 106 Å². The first-order valence-electron chi connectivity index (χ1n) is 14.6. The highest BCUT2D eigenvalue weighted by atomic mass is 32.2. The summed E-state index contributed by atoms with van der Waals surface area (Å²) in [5, 5.41) is 6.40. The van der Waals surface area contributed by atoms with Gasteiger partial charge in [0.1, 0.15) is 6.04 Å². The molecule has 7 heteroatoms. The normalized spacial score (nSPS) is 32.2. The van der Waals surface area contributed by atoms with Gasteiger partial charge in [0, 0.05) is 29.0 Å². The maximum absolute atomic E-state index is 12.8. The molecule has 1 aromatic rings. The predicted molar refractivity (Wildman–Crippen MR) is 145 cm³/mol. The van der Waals surface area contributed by atoms with E-state index in [9.17, 15) is 14.4 Å². The Labute approximate surface area is 225 Å². The smallest absolute Gasteiger partial charge is 0.255 e. The molecule has 2 N–H and O–H groups in total. The Bertz CT molecular complexity index is 1020. The molecule has 4 aliphatic carbocycles. The highest BCUT2D eigenvalue weighted by Crippen LogP contribution is 2.55. The number of amides is 3. The van der Waals surface area contributed by atoms with E-state index < -0.39 is 6.04 Å². The zero-order valence-electron chi connectivity index (χ0n) is 21.9. The third-order valence-electron chi connectivity index (χ3n) is 9.62. The van der Waals surface area contributed by atoms with Crippen LogP contribution in [0.2, 0.25) is 0 Å². The molecule has 0 radical (unpaired) electrons. The fraction of sp³-hybridized carbons (Fsp3) is 0.700. The van der Waals surface area contributed by atoms with Gasteiger partial charge >= 0.3 is 0 Å². The number of nitrogens with zero attached hydrogens (tertiary/aromatic N) is 1. The molecule has 0 spiro atoms. The van der Waals surface area contributed by atoms with Crippen molar-refractivity contribution in [2.24, 2.45) is 17.8 Å². The van der Waals surface area contributed by atoms with E-state index in [1.807, 2.05) is 23.9 Å². The molecule has 2 aliphatic heterocycles. The van der Waals surface area contributed by atoms with Crippen molar-refractivity contribution in [1.29, 1.82) is 0 Å². The minimum atomic E-state index is -0.545. The summed E-state index contributed by atoms with van der Waals surface area (Å²) >= 11 is 1.86. The van der Waals surface area contributed by atoms with Crippen molar-refractivity contribution in [3.05, 3.63) is 29.3 Å². The number of rotatable bonds is 11. The summed E-state index contributed by atoms with van der Waals surface area (Å²) in [5.74, 6) is 3.45. The second kappa shape index (κ2) is 10.7. The molecule has 2 heterocycles.